The molecule has 1 N–H and O–H groups in total. The molecule has 0 spiro atoms. The van der Waals surface area contributed by atoms with Crippen LogP contribution >= 0.6 is 11.6 Å². The summed E-state index contributed by atoms with van der Waals surface area (Å²) < 4.78 is 44.2. The Kier molecular flexibility index (Phi) is 6.52. The summed E-state index contributed by atoms with van der Waals surface area (Å²) in [7, 11) is 0. The van der Waals surface area contributed by atoms with E-state index in [1.165, 1.54) is 6.07 Å². The summed E-state index contributed by atoms with van der Waals surface area (Å²) in [6, 6.07) is 11.1. The molecule has 0 bridgehead atoms. The number of benzene rings is 2. The lowest BCUT2D eigenvalue weighted by molar-refractivity contribution is -0.143. The topological polar surface area (TPSA) is 51.1 Å². The van der Waals surface area contributed by atoms with Crippen molar-refractivity contribution in [2.24, 2.45) is 0 Å². The molecule has 1 heterocycles. The van der Waals surface area contributed by atoms with Gasteiger partial charge in [0, 0.05) is 28.5 Å². The van der Waals surface area contributed by atoms with E-state index in [1.807, 2.05) is 0 Å². The molecular weight excluding hydrogens is 453 g/mol. The number of carbonyl (C=O) groups is 2. The van der Waals surface area contributed by atoms with Crippen LogP contribution in [0, 0.1) is 6.92 Å². The summed E-state index contributed by atoms with van der Waals surface area (Å²) in [4.78, 5) is 26.0. The number of alkyl halides is 3. The molecule has 0 saturated heterocycles. The normalized spacial score (nSPS) is 15.1. The van der Waals surface area contributed by atoms with Crippen LogP contribution in [0.2, 0.25) is 5.02 Å². The van der Waals surface area contributed by atoms with E-state index in [0.717, 1.165) is 36.7 Å². The number of carbonyl (C=O) groups excluding carboxylic acids is 2. The van der Waals surface area contributed by atoms with Crippen molar-refractivity contribution < 1.29 is 22.8 Å². The third-order valence-electron chi connectivity index (χ3n) is 6.12. The van der Waals surface area contributed by atoms with Crippen LogP contribution in [0.4, 0.5) is 13.2 Å². The Morgan fingerprint density at radius 3 is 2.36 bits per heavy atom. The Balaban J connectivity index is 1.83. The SMILES string of the molecule is Cc1ccc2c(c1)c(C(=O)C(=O)NC1CCCCC1)c(C(F)(F)F)n2Cc1ccc(Cl)cc1. The first-order valence-electron chi connectivity index (χ1n) is 10.9. The van der Waals surface area contributed by atoms with Gasteiger partial charge in [0.15, 0.2) is 0 Å². The molecule has 33 heavy (non-hydrogen) atoms. The van der Waals surface area contributed by atoms with E-state index in [4.69, 9.17) is 11.6 Å². The van der Waals surface area contributed by atoms with Crippen LogP contribution in [0.1, 0.15) is 59.3 Å². The first-order valence-corrected chi connectivity index (χ1v) is 11.3. The highest BCUT2D eigenvalue weighted by atomic mass is 35.5. The molecule has 2 aromatic carbocycles. The molecular formula is C25H24ClF3N2O2. The maximum atomic E-state index is 14.4. The summed E-state index contributed by atoms with van der Waals surface area (Å²) in [5, 5.41) is 3.26. The van der Waals surface area contributed by atoms with Crippen molar-refractivity contribution in [3.05, 3.63) is 69.9 Å². The highest BCUT2D eigenvalue weighted by Crippen LogP contribution is 2.39. The van der Waals surface area contributed by atoms with Gasteiger partial charge in [-0.05, 0) is 49.6 Å². The van der Waals surface area contributed by atoms with Crippen molar-refractivity contribution in [1.29, 1.82) is 0 Å². The number of amides is 1. The van der Waals surface area contributed by atoms with E-state index in [1.54, 1.807) is 43.3 Å². The van der Waals surface area contributed by atoms with E-state index >= 15 is 0 Å². The van der Waals surface area contributed by atoms with E-state index in [2.05, 4.69) is 5.32 Å². The van der Waals surface area contributed by atoms with Crippen molar-refractivity contribution in [2.75, 3.05) is 0 Å². The Labute approximate surface area is 194 Å². The maximum absolute atomic E-state index is 14.4. The van der Waals surface area contributed by atoms with Gasteiger partial charge in [-0.15, -0.1) is 0 Å². The number of nitrogens with one attached hydrogen (secondary N) is 1. The number of ketones is 1. The molecule has 0 atom stereocenters. The van der Waals surface area contributed by atoms with E-state index in [9.17, 15) is 22.8 Å². The summed E-state index contributed by atoms with van der Waals surface area (Å²) in [6.07, 6.45) is -0.490. The number of nitrogens with zero attached hydrogens (tertiary/aromatic N) is 1. The van der Waals surface area contributed by atoms with Gasteiger partial charge in [0.05, 0.1) is 5.56 Å². The number of fused-ring (bicyclic) bond motifs is 1. The molecule has 8 heteroatoms. The summed E-state index contributed by atoms with van der Waals surface area (Å²) in [5.41, 5.74) is -0.170. The van der Waals surface area contributed by atoms with E-state index < -0.39 is 29.1 Å². The van der Waals surface area contributed by atoms with Crippen molar-refractivity contribution in [1.82, 2.24) is 9.88 Å². The van der Waals surface area contributed by atoms with Gasteiger partial charge in [0.1, 0.15) is 5.69 Å². The van der Waals surface area contributed by atoms with Crippen LogP contribution in [-0.4, -0.2) is 22.3 Å². The van der Waals surface area contributed by atoms with E-state index in [0.29, 0.717) is 16.1 Å². The Morgan fingerprint density at radius 2 is 1.73 bits per heavy atom. The molecule has 0 radical (unpaired) electrons. The van der Waals surface area contributed by atoms with Crippen LogP contribution in [0.5, 0.6) is 0 Å². The lowest BCUT2D eigenvalue weighted by Gasteiger charge is -2.22. The fourth-order valence-electron chi connectivity index (χ4n) is 4.54. The average Bonchev–Trinajstić information content (AvgIpc) is 3.09. The van der Waals surface area contributed by atoms with E-state index in [-0.39, 0.29) is 23.5 Å². The molecule has 1 amide bonds. The van der Waals surface area contributed by atoms with Crippen LogP contribution in [0.3, 0.4) is 0 Å². The molecule has 4 rings (SSSR count). The van der Waals surface area contributed by atoms with Crippen LogP contribution in [0.15, 0.2) is 42.5 Å². The summed E-state index contributed by atoms with van der Waals surface area (Å²) >= 11 is 5.92. The number of Topliss-reactive ketones (excluding diaryl/α,β-unsaturated/α-hetero) is 1. The number of aromatic nitrogens is 1. The van der Waals surface area contributed by atoms with Crippen LogP contribution in [0.25, 0.3) is 10.9 Å². The summed E-state index contributed by atoms with van der Waals surface area (Å²) in [5.74, 6) is -2.14. The van der Waals surface area contributed by atoms with Crippen LogP contribution in [-0.2, 0) is 17.5 Å². The first-order chi connectivity index (χ1) is 15.6. The van der Waals surface area contributed by atoms with Crippen molar-refractivity contribution in [3.8, 4) is 0 Å². The van der Waals surface area contributed by atoms with Crippen molar-refractivity contribution >= 4 is 34.2 Å². The predicted molar refractivity (Wildman–Crippen MR) is 122 cm³/mol. The lowest BCUT2D eigenvalue weighted by atomic mass is 9.95. The average molecular weight is 477 g/mol. The molecule has 3 aromatic rings. The minimum atomic E-state index is -4.84. The fourth-order valence-corrected chi connectivity index (χ4v) is 4.67. The van der Waals surface area contributed by atoms with Gasteiger partial charge in [-0.3, -0.25) is 9.59 Å². The molecule has 4 nitrogen and oxygen atoms in total. The quantitative estimate of drug-likeness (QED) is 0.347. The second-order valence-corrected chi connectivity index (χ2v) is 9.03. The maximum Gasteiger partial charge on any atom is 0.432 e. The monoisotopic (exact) mass is 476 g/mol. The number of hydrogen-bond donors (Lipinski definition) is 1. The predicted octanol–water partition coefficient (Wildman–Crippen LogP) is 6.30. The molecule has 0 aliphatic heterocycles. The fraction of sp³-hybridized carbons (Fsp3) is 0.360. The zero-order valence-corrected chi connectivity index (χ0v) is 18.9. The second kappa shape index (κ2) is 9.21. The number of rotatable bonds is 5. The molecule has 1 aliphatic carbocycles. The Morgan fingerprint density at radius 1 is 1.06 bits per heavy atom. The van der Waals surface area contributed by atoms with Crippen LogP contribution < -0.4 is 5.32 Å². The molecule has 1 fully saturated rings. The molecule has 1 aromatic heterocycles. The number of hydrogen-bond acceptors (Lipinski definition) is 2. The van der Waals surface area contributed by atoms with Gasteiger partial charge in [-0.2, -0.15) is 13.2 Å². The zero-order valence-electron chi connectivity index (χ0n) is 18.1. The highest BCUT2D eigenvalue weighted by molar-refractivity contribution is 6.45. The highest BCUT2D eigenvalue weighted by Gasteiger charge is 2.42. The number of halogens is 4. The first kappa shape index (κ1) is 23.4. The second-order valence-electron chi connectivity index (χ2n) is 8.59. The summed E-state index contributed by atoms with van der Waals surface area (Å²) in [6.45, 7) is 1.61. The van der Waals surface area contributed by atoms with Gasteiger partial charge in [0.2, 0.25) is 0 Å². The van der Waals surface area contributed by atoms with Crippen molar-refractivity contribution in [2.45, 2.75) is 57.8 Å². The van der Waals surface area contributed by atoms with Crippen molar-refractivity contribution in [3.63, 3.8) is 0 Å². The van der Waals surface area contributed by atoms with Gasteiger partial charge in [-0.1, -0.05) is 54.6 Å². The molecule has 0 unspecified atom stereocenters. The third-order valence-corrected chi connectivity index (χ3v) is 6.37. The zero-order chi connectivity index (χ0) is 23.8. The third kappa shape index (κ3) is 4.93. The minimum Gasteiger partial charge on any atom is -0.346 e. The standard InChI is InChI=1S/C25H24ClF3N2O2/c1-15-7-12-20-19(13-15)21(22(32)24(33)30-18-5-3-2-4-6-18)23(25(27,28)29)31(20)14-16-8-10-17(26)11-9-16/h7-13,18H,2-6,14H2,1H3,(H,30,33). The van der Waals surface area contributed by atoms with Gasteiger partial charge in [0.25, 0.3) is 11.7 Å². The molecule has 174 valence electrons. The smallest absolute Gasteiger partial charge is 0.346 e. The Hall–Kier alpha value is -2.80. The molecule has 1 saturated carbocycles. The minimum absolute atomic E-state index is 0.122. The number of aryl methyl sites for hydroxylation is 1. The lowest BCUT2D eigenvalue weighted by Crippen LogP contribution is -2.40. The Bertz CT molecular complexity index is 1190. The largest absolute Gasteiger partial charge is 0.432 e. The molecule has 1 aliphatic rings. The van der Waals surface area contributed by atoms with Gasteiger partial charge < -0.3 is 9.88 Å². The van der Waals surface area contributed by atoms with Gasteiger partial charge in [-0.25, -0.2) is 0 Å². The van der Waals surface area contributed by atoms with Gasteiger partial charge >= 0.3 is 6.18 Å².